The van der Waals surface area contributed by atoms with Crippen molar-refractivity contribution in [1.29, 1.82) is 0 Å². The first-order valence-electron chi connectivity index (χ1n) is 12.2. The number of nitrogens with zero attached hydrogens (tertiary/aromatic N) is 2. The molecule has 3 aliphatic heterocycles. The number of hydrogen-bond acceptors (Lipinski definition) is 6. The van der Waals surface area contributed by atoms with Gasteiger partial charge in [0.15, 0.2) is 0 Å². The molecule has 4 fully saturated rings. The van der Waals surface area contributed by atoms with Gasteiger partial charge in [-0.3, -0.25) is 9.69 Å². The monoisotopic (exact) mass is 443 g/mol. The summed E-state index contributed by atoms with van der Waals surface area (Å²) in [7, 11) is 1.75. The first kappa shape index (κ1) is 22.3. The van der Waals surface area contributed by atoms with Gasteiger partial charge in [-0.05, 0) is 31.2 Å². The molecule has 32 heavy (non-hydrogen) atoms. The minimum atomic E-state index is -0.354. The fraction of sp³-hybridized carbons (Fsp3) is 0.720. The van der Waals surface area contributed by atoms with Crippen LogP contribution >= 0.6 is 0 Å². The van der Waals surface area contributed by atoms with E-state index in [0.717, 1.165) is 65.0 Å². The van der Waals surface area contributed by atoms with Crippen molar-refractivity contribution in [2.24, 2.45) is 5.41 Å². The number of benzene rings is 1. The second-order valence-electron chi connectivity index (χ2n) is 9.87. The van der Waals surface area contributed by atoms with Crippen molar-refractivity contribution in [1.82, 2.24) is 15.1 Å². The third-order valence-electron chi connectivity index (χ3n) is 7.98. The molecule has 0 spiro atoms. The number of carbonyl (C=O) groups excluding carboxylic acids is 1. The Morgan fingerprint density at radius 3 is 2.78 bits per heavy atom. The predicted molar refractivity (Wildman–Crippen MR) is 121 cm³/mol. The second-order valence-corrected chi connectivity index (χ2v) is 9.87. The van der Waals surface area contributed by atoms with Crippen molar-refractivity contribution in [3.05, 3.63) is 35.9 Å². The third-order valence-corrected chi connectivity index (χ3v) is 7.98. The summed E-state index contributed by atoms with van der Waals surface area (Å²) in [5.74, 6) is 0.318. The van der Waals surface area contributed by atoms with E-state index >= 15 is 0 Å². The molecule has 1 saturated carbocycles. The van der Waals surface area contributed by atoms with Crippen molar-refractivity contribution in [3.8, 4) is 0 Å². The maximum atomic E-state index is 13.8. The number of fused-ring (bicyclic) bond motifs is 1. The smallest absolute Gasteiger partial charge is 0.231 e. The quantitative estimate of drug-likeness (QED) is 0.722. The van der Waals surface area contributed by atoms with Gasteiger partial charge in [-0.15, -0.1) is 0 Å². The van der Waals surface area contributed by atoms with Crippen LogP contribution in [0.3, 0.4) is 0 Å². The molecule has 3 saturated heterocycles. The Hall–Kier alpha value is -1.51. The van der Waals surface area contributed by atoms with Gasteiger partial charge >= 0.3 is 0 Å². The highest BCUT2D eigenvalue weighted by molar-refractivity contribution is 5.84. The summed E-state index contributed by atoms with van der Waals surface area (Å²) in [5.41, 5.74) is 0.981. The van der Waals surface area contributed by atoms with Crippen LogP contribution in [-0.2, 0) is 25.5 Å². The van der Waals surface area contributed by atoms with Gasteiger partial charge in [-0.25, -0.2) is 0 Å². The lowest BCUT2D eigenvalue weighted by atomic mass is 9.80. The Labute approximate surface area is 191 Å². The highest BCUT2D eigenvalue weighted by Crippen LogP contribution is 2.49. The van der Waals surface area contributed by atoms with E-state index in [1.54, 1.807) is 7.11 Å². The summed E-state index contributed by atoms with van der Waals surface area (Å²) >= 11 is 0. The van der Waals surface area contributed by atoms with Crippen molar-refractivity contribution in [3.63, 3.8) is 0 Å². The third kappa shape index (κ3) is 4.46. The fourth-order valence-electron chi connectivity index (χ4n) is 6.17. The molecule has 7 heteroatoms. The van der Waals surface area contributed by atoms with Crippen LogP contribution in [0.2, 0.25) is 0 Å². The molecule has 0 unspecified atom stereocenters. The van der Waals surface area contributed by atoms with E-state index in [1.807, 2.05) is 0 Å². The first-order chi connectivity index (χ1) is 15.7. The number of methoxy groups -OCH3 is 1. The first-order valence-corrected chi connectivity index (χ1v) is 12.2. The Kier molecular flexibility index (Phi) is 6.81. The molecule has 1 amide bonds. The Bertz CT molecular complexity index is 770. The predicted octanol–water partition coefficient (Wildman–Crippen LogP) is 1.66. The zero-order valence-corrected chi connectivity index (χ0v) is 19.2. The van der Waals surface area contributed by atoms with Gasteiger partial charge in [0.25, 0.3) is 0 Å². The lowest BCUT2D eigenvalue weighted by Gasteiger charge is -2.39. The highest BCUT2D eigenvalue weighted by atomic mass is 16.5. The van der Waals surface area contributed by atoms with Gasteiger partial charge < -0.3 is 24.4 Å². The van der Waals surface area contributed by atoms with Crippen LogP contribution in [0.1, 0.15) is 31.2 Å². The summed E-state index contributed by atoms with van der Waals surface area (Å²) in [5, 5.41) is 3.80. The molecule has 0 bridgehead atoms. The Morgan fingerprint density at radius 1 is 1.19 bits per heavy atom. The molecule has 1 aliphatic carbocycles. The van der Waals surface area contributed by atoms with E-state index in [0.29, 0.717) is 25.2 Å². The zero-order valence-electron chi connectivity index (χ0n) is 19.2. The molecule has 176 valence electrons. The molecule has 1 aromatic rings. The molecule has 3 heterocycles. The molecule has 5 rings (SSSR count). The fourth-order valence-corrected chi connectivity index (χ4v) is 6.17. The number of carbonyl (C=O) groups is 1. The second kappa shape index (κ2) is 9.77. The molecule has 1 aromatic carbocycles. The number of rotatable bonds is 6. The van der Waals surface area contributed by atoms with E-state index < -0.39 is 0 Å². The van der Waals surface area contributed by atoms with Gasteiger partial charge in [-0.2, -0.15) is 0 Å². The van der Waals surface area contributed by atoms with E-state index in [9.17, 15) is 4.79 Å². The molecule has 0 aromatic heterocycles. The maximum Gasteiger partial charge on any atom is 0.231 e. The molecule has 5 atom stereocenters. The minimum Gasteiger partial charge on any atom is -0.379 e. The van der Waals surface area contributed by atoms with Crippen LogP contribution in [0.4, 0.5) is 0 Å². The number of hydrogen-bond donors (Lipinski definition) is 1. The van der Waals surface area contributed by atoms with Crippen LogP contribution in [0.5, 0.6) is 0 Å². The molecule has 7 nitrogen and oxygen atoms in total. The van der Waals surface area contributed by atoms with Crippen molar-refractivity contribution < 1.29 is 19.0 Å². The maximum absolute atomic E-state index is 13.8. The lowest BCUT2D eigenvalue weighted by molar-refractivity contribution is -0.146. The van der Waals surface area contributed by atoms with Crippen LogP contribution in [0, 0.1) is 5.41 Å². The molecule has 0 radical (unpaired) electrons. The average Bonchev–Trinajstić information content (AvgIpc) is 3.38. The van der Waals surface area contributed by atoms with E-state index in [1.165, 1.54) is 5.56 Å². The SMILES string of the molecule is CO[C@@H]1COCC[C@@H]1N[C@@H]1C[C@H]2OCC[C@@]2(C(=O)N2CCN(Cc3ccccc3)CC2)C1. The summed E-state index contributed by atoms with van der Waals surface area (Å²) in [6.45, 7) is 6.54. The van der Waals surface area contributed by atoms with Gasteiger partial charge in [0.05, 0.1) is 24.2 Å². The zero-order chi connectivity index (χ0) is 22.0. The van der Waals surface area contributed by atoms with Gasteiger partial charge in [0.2, 0.25) is 5.91 Å². The van der Waals surface area contributed by atoms with Crippen molar-refractivity contribution in [2.45, 2.75) is 56.5 Å². The molecule has 1 N–H and O–H groups in total. The summed E-state index contributed by atoms with van der Waals surface area (Å²) < 4.78 is 17.3. The van der Waals surface area contributed by atoms with Crippen LogP contribution in [0.15, 0.2) is 30.3 Å². The van der Waals surface area contributed by atoms with E-state index in [2.05, 4.69) is 45.4 Å². The van der Waals surface area contributed by atoms with Crippen LogP contribution < -0.4 is 5.32 Å². The van der Waals surface area contributed by atoms with Gasteiger partial charge in [0.1, 0.15) is 0 Å². The lowest BCUT2D eigenvalue weighted by Crippen LogP contribution is -2.54. The summed E-state index contributed by atoms with van der Waals surface area (Å²) in [4.78, 5) is 18.3. The number of nitrogens with one attached hydrogen (secondary N) is 1. The Balaban J connectivity index is 1.18. The topological polar surface area (TPSA) is 63.3 Å². The highest BCUT2D eigenvalue weighted by Gasteiger charge is 2.57. The van der Waals surface area contributed by atoms with E-state index in [-0.39, 0.29) is 23.7 Å². The standard InChI is InChI=1S/C25H37N3O4/c1-30-22-18-31-13-7-21(22)26-20-15-23-25(16-20,8-14-32-23)24(29)28-11-9-27(10-12-28)17-19-5-3-2-4-6-19/h2-6,20-23,26H,7-18H2,1H3/t20-,21+,22-,23-,25-/m1/s1. The number of amides is 1. The van der Waals surface area contributed by atoms with Gasteiger partial charge in [0, 0.05) is 65.1 Å². The Morgan fingerprint density at radius 2 is 2.00 bits per heavy atom. The number of piperazine rings is 1. The largest absolute Gasteiger partial charge is 0.379 e. The van der Waals surface area contributed by atoms with E-state index in [4.69, 9.17) is 14.2 Å². The number of ether oxygens (including phenoxy) is 3. The normalized spacial score (nSPS) is 35.7. The van der Waals surface area contributed by atoms with Crippen LogP contribution in [-0.4, -0.2) is 93.1 Å². The molecular formula is C25H37N3O4. The average molecular weight is 444 g/mol. The molecular weight excluding hydrogens is 406 g/mol. The van der Waals surface area contributed by atoms with Crippen molar-refractivity contribution in [2.75, 3.05) is 53.1 Å². The van der Waals surface area contributed by atoms with Crippen LogP contribution in [0.25, 0.3) is 0 Å². The van der Waals surface area contributed by atoms with Crippen molar-refractivity contribution >= 4 is 5.91 Å². The summed E-state index contributed by atoms with van der Waals surface area (Å²) in [6, 6.07) is 11.2. The summed E-state index contributed by atoms with van der Waals surface area (Å²) in [6.07, 6.45) is 3.69. The minimum absolute atomic E-state index is 0.0377. The molecule has 4 aliphatic rings. The van der Waals surface area contributed by atoms with Gasteiger partial charge in [-0.1, -0.05) is 30.3 Å².